The van der Waals surface area contributed by atoms with Crippen molar-refractivity contribution in [2.24, 2.45) is 5.92 Å². The van der Waals surface area contributed by atoms with Crippen molar-refractivity contribution in [1.82, 2.24) is 20.3 Å². The molecule has 2 aromatic carbocycles. The Balaban J connectivity index is 1.71. The fraction of sp³-hybridized carbons (Fsp3) is 0.308. The average molecular weight is 476 g/mol. The second kappa shape index (κ2) is 10.6. The molecule has 0 aliphatic heterocycles. The van der Waals surface area contributed by atoms with Crippen molar-refractivity contribution in [2.45, 2.75) is 39.8 Å². The number of nitrogens with one attached hydrogen (secondary N) is 1. The Hall–Kier alpha value is -3.52. The summed E-state index contributed by atoms with van der Waals surface area (Å²) in [4.78, 5) is 29.7. The first kappa shape index (κ1) is 23.6. The van der Waals surface area contributed by atoms with Gasteiger partial charge in [-0.1, -0.05) is 55.0 Å². The summed E-state index contributed by atoms with van der Waals surface area (Å²) in [5.41, 5.74) is 3.23. The molecule has 0 saturated carbocycles. The van der Waals surface area contributed by atoms with Gasteiger partial charge in [0.15, 0.2) is 0 Å². The Morgan fingerprint density at radius 2 is 1.82 bits per heavy atom. The van der Waals surface area contributed by atoms with Gasteiger partial charge in [-0.15, -0.1) is 16.4 Å². The molecule has 0 bridgehead atoms. The van der Waals surface area contributed by atoms with Gasteiger partial charge in [-0.3, -0.25) is 14.5 Å². The maximum absolute atomic E-state index is 13.8. The molecule has 0 radical (unpaired) electrons. The molecule has 0 aliphatic rings. The zero-order valence-corrected chi connectivity index (χ0v) is 20.5. The predicted molar refractivity (Wildman–Crippen MR) is 136 cm³/mol. The first-order valence-electron chi connectivity index (χ1n) is 11.4. The third-order valence-corrected chi connectivity index (χ3v) is 6.55. The van der Waals surface area contributed by atoms with Gasteiger partial charge < -0.3 is 5.32 Å². The molecule has 2 heterocycles. The minimum Gasteiger partial charge on any atom is -0.354 e. The van der Waals surface area contributed by atoms with E-state index in [0.29, 0.717) is 18.2 Å². The van der Waals surface area contributed by atoms with Crippen molar-refractivity contribution in [3.63, 3.8) is 0 Å². The lowest BCUT2D eigenvalue weighted by Crippen LogP contribution is -2.45. The number of para-hydroxylation sites is 1. The summed E-state index contributed by atoms with van der Waals surface area (Å²) in [5.74, 6) is 0.0355. The van der Waals surface area contributed by atoms with Gasteiger partial charge in [0.25, 0.3) is 0 Å². The Kier molecular flexibility index (Phi) is 7.37. The van der Waals surface area contributed by atoms with Crippen molar-refractivity contribution in [3.05, 3.63) is 76.5 Å². The lowest BCUT2D eigenvalue weighted by Gasteiger charge is -2.31. The number of anilines is 1. The molecule has 2 amide bonds. The number of amides is 2. The summed E-state index contributed by atoms with van der Waals surface area (Å²) in [6, 6.07) is 18.2. The fourth-order valence-electron chi connectivity index (χ4n) is 3.78. The molecule has 4 aromatic rings. The van der Waals surface area contributed by atoms with E-state index in [9.17, 15) is 9.59 Å². The molecule has 4 rings (SSSR count). The number of aromatic nitrogens is 3. The van der Waals surface area contributed by atoms with E-state index in [4.69, 9.17) is 0 Å². The van der Waals surface area contributed by atoms with Gasteiger partial charge in [0.2, 0.25) is 11.8 Å². The van der Waals surface area contributed by atoms with Crippen LogP contribution in [-0.2, 0) is 16.1 Å². The number of nitrogens with zero attached hydrogens (tertiary/aromatic N) is 4. The molecule has 7 nitrogen and oxygen atoms in total. The molecule has 8 heteroatoms. The summed E-state index contributed by atoms with van der Waals surface area (Å²) in [5, 5.41) is 13.3. The van der Waals surface area contributed by atoms with Gasteiger partial charge in [0.05, 0.1) is 5.52 Å². The number of thiophene rings is 1. The van der Waals surface area contributed by atoms with Gasteiger partial charge in [-0.25, -0.2) is 4.68 Å². The van der Waals surface area contributed by atoms with Crippen LogP contribution in [0.4, 0.5) is 5.69 Å². The Morgan fingerprint density at radius 3 is 2.53 bits per heavy atom. The number of carbonyl (C=O) groups excluding carboxylic acids is 2. The number of benzene rings is 2. The zero-order chi connectivity index (χ0) is 24.1. The summed E-state index contributed by atoms with van der Waals surface area (Å²) >= 11 is 1.46. The summed E-state index contributed by atoms with van der Waals surface area (Å²) in [7, 11) is 0. The lowest BCUT2D eigenvalue weighted by molar-refractivity contribution is -0.126. The monoisotopic (exact) mass is 475 g/mol. The van der Waals surface area contributed by atoms with Crippen molar-refractivity contribution in [3.8, 4) is 0 Å². The molecule has 0 fully saturated rings. The molecule has 34 heavy (non-hydrogen) atoms. The third kappa shape index (κ3) is 5.34. The largest absolute Gasteiger partial charge is 0.354 e. The van der Waals surface area contributed by atoms with Gasteiger partial charge in [-0.2, -0.15) is 0 Å². The zero-order valence-electron chi connectivity index (χ0n) is 19.6. The van der Waals surface area contributed by atoms with Gasteiger partial charge in [0, 0.05) is 17.1 Å². The van der Waals surface area contributed by atoms with Crippen LogP contribution in [0.2, 0.25) is 0 Å². The number of hydrogen-bond donors (Lipinski definition) is 1. The predicted octanol–water partition coefficient (Wildman–Crippen LogP) is 4.74. The molecular weight excluding hydrogens is 446 g/mol. The number of rotatable bonds is 9. The average Bonchev–Trinajstić information content (AvgIpc) is 3.48. The highest BCUT2D eigenvalue weighted by molar-refractivity contribution is 7.10. The van der Waals surface area contributed by atoms with Crippen LogP contribution in [0.1, 0.15) is 36.8 Å². The third-order valence-electron chi connectivity index (χ3n) is 5.63. The number of aryl methyl sites for hydroxylation is 1. The van der Waals surface area contributed by atoms with E-state index >= 15 is 0 Å². The summed E-state index contributed by atoms with van der Waals surface area (Å²) < 4.78 is 1.58. The smallest absolute Gasteiger partial charge is 0.249 e. The van der Waals surface area contributed by atoms with Crippen LogP contribution < -0.4 is 10.2 Å². The highest BCUT2D eigenvalue weighted by atomic mass is 32.1. The SMILES string of the molecule is Cc1ccc(N(C(=O)Cn2nnc3ccccc32)[C@@H](C(=O)NCCC(C)C)c2cccs2)cc1. The van der Waals surface area contributed by atoms with E-state index in [0.717, 1.165) is 27.9 Å². The highest BCUT2D eigenvalue weighted by Crippen LogP contribution is 2.31. The fourth-order valence-corrected chi connectivity index (χ4v) is 4.59. The Bertz CT molecular complexity index is 1250. The molecule has 0 saturated heterocycles. The number of hydrogen-bond acceptors (Lipinski definition) is 5. The second-order valence-corrected chi connectivity index (χ2v) is 9.71. The second-order valence-electron chi connectivity index (χ2n) is 8.73. The molecule has 2 aromatic heterocycles. The molecular formula is C26H29N5O2S. The van der Waals surface area contributed by atoms with E-state index in [1.54, 1.807) is 9.58 Å². The minimum atomic E-state index is -0.780. The van der Waals surface area contributed by atoms with E-state index in [2.05, 4.69) is 29.5 Å². The van der Waals surface area contributed by atoms with Crippen LogP contribution in [0, 0.1) is 12.8 Å². The highest BCUT2D eigenvalue weighted by Gasteiger charge is 2.33. The van der Waals surface area contributed by atoms with Crippen LogP contribution in [0.15, 0.2) is 66.0 Å². The molecule has 176 valence electrons. The van der Waals surface area contributed by atoms with Crippen molar-refractivity contribution >= 4 is 39.9 Å². The van der Waals surface area contributed by atoms with Gasteiger partial charge in [0.1, 0.15) is 18.1 Å². The first-order chi connectivity index (χ1) is 16.4. The summed E-state index contributed by atoms with van der Waals surface area (Å²) in [6.07, 6.45) is 0.867. The summed E-state index contributed by atoms with van der Waals surface area (Å²) in [6.45, 7) is 6.76. The molecule has 1 atom stereocenters. The lowest BCUT2D eigenvalue weighted by atomic mass is 10.1. The van der Waals surface area contributed by atoms with Crippen LogP contribution in [0.25, 0.3) is 11.0 Å². The van der Waals surface area contributed by atoms with E-state index in [-0.39, 0.29) is 18.4 Å². The van der Waals surface area contributed by atoms with E-state index < -0.39 is 6.04 Å². The van der Waals surface area contributed by atoms with Gasteiger partial charge in [-0.05, 0) is 55.0 Å². The van der Waals surface area contributed by atoms with Crippen LogP contribution in [0.5, 0.6) is 0 Å². The molecule has 1 N–H and O–H groups in total. The van der Waals surface area contributed by atoms with Crippen LogP contribution >= 0.6 is 11.3 Å². The topological polar surface area (TPSA) is 80.1 Å². The maximum atomic E-state index is 13.8. The normalized spacial score (nSPS) is 12.1. The maximum Gasteiger partial charge on any atom is 0.249 e. The van der Waals surface area contributed by atoms with Gasteiger partial charge >= 0.3 is 0 Å². The van der Waals surface area contributed by atoms with Crippen molar-refractivity contribution in [2.75, 3.05) is 11.4 Å². The van der Waals surface area contributed by atoms with E-state index in [1.807, 2.05) is 73.0 Å². The number of fused-ring (bicyclic) bond motifs is 1. The van der Waals surface area contributed by atoms with Crippen molar-refractivity contribution < 1.29 is 9.59 Å². The standard InChI is InChI=1S/C26H29N5O2S/c1-18(2)14-15-27-26(33)25(23-9-6-16-34-23)31(20-12-10-19(3)11-13-20)24(32)17-30-22-8-5-4-7-21(22)28-29-30/h4-13,16,18,25H,14-15,17H2,1-3H3,(H,27,33)/t25-/m1/s1. The molecule has 0 aliphatic carbocycles. The van der Waals surface area contributed by atoms with Crippen LogP contribution in [-0.4, -0.2) is 33.4 Å². The molecule has 0 unspecified atom stereocenters. The quantitative estimate of drug-likeness (QED) is 0.379. The number of carbonyl (C=O) groups is 2. The minimum absolute atomic E-state index is 0.0322. The van der Waals surface area contributed by atoms with Crippen LogP contribution in [0.3, 0.4) is 0 Å². The van der Waals surface area contributed by atoms with Crippen molar-refractivity contribution in [1.29, 1.82) is 0 Å². The first-order valence-corrected chi connectivity index (χ1v) is 12.3. The molecule has 0 spiro atoms. The van der Waals surface area contributed by atoms with E-state index in [1.165, 1.54) is 11.3 Å². The Morgan fingerprint density at radius 1 is 1.06 bits per heavy atom. The Labute approximate surface area is 203 Å².